The van der Waals surface area contributed by atoms with E-state index in [9.17, 15) is 18.0 Å². The van der Waals surface area contributed by atoms with E-state index in [1.54, 1.807) is 12.1 Å². The predicted molar refractivity (Wildman–Crippen MR) is 171 cm³/mol. The van der Waals surface area contributed by atoms with Crippen LogP contribution in [0.5, 0.6) is 0 Å². The number of aromatic nitrogens is 2. The highest BCUT2D eigenvalue weighted by molar-refractivity contribution is 7.92. The molecule has 2 heterocycles. The van der Waals surface area contributed by atoms with Crippen LogP contribution < -0.4 is 17.0 Å². The van der Waals surface area contributed by atoms with Gasteiger partial charge in [-0.1, -0.05) is 109 Å². The van der Waals surface area contributed by atoms with Crippen LogP contribution in [-0.2, 0) is 24.9 Å². The molecular formula is C35H33N3O6S. The number of H-pyrrole nitrogens is 1. The third-order valence-corrected chi connectivity index (χ3v) is 10.5. The fourth-order valence-corrected chi connectivity index (χ4v) is 7.96. The fourth-order valence-electron chi connectivity index (χ4n) is 6.04. The summed E-state index contributed by atoms with van der Waals surface area (Å²) in [7, 11) is -4.09. The predicted octanol–water partition coefficient (Wildman–Crippen LogP) is 3.92. The third kappa shape index (κ3) is 5.69. The maximum atomic E-state index is 14.3. The molecule has 1 aliphatic rings. The molecule has 230 valence electrons. The lowest BCUT2D eigenvalue weighted by Gasteiger charge is -2.37. The van der Waals surface area contributed by atoms with Gasteiger partial charge in [0.1, 0.15) is 17.0 Å². The normalized spacial score (nSPS) is 20.2. The third-order valence-electron chi connectivity index (χ3n) is 8.23. The lowest BCUT2D eigenvalue weighted by Crippen LogP contribution is -2.47. The molecule has 1 aromatic heterocycles. The van der Waals surface area contributed by atoms with Gasteiger partial charge in [0.05, 0.1) is 17.5 Å². The van der Waals surface area contributed by atoms with Crippen molar-refractivity contribution in [1.29, 1.82) is 0 Å². The van der Waals surface area contributed by atoms with E-state index in [4.69, 9.17) is 15.2 Å². The Hall–Kier alpha value is -4.61. The van der Waals surface area contributed by atoms with Gasteiger partial charge in [-0.3, -0.25) is 14.3 Å². The molecule has 0 saturated carbocycles. The monoisotopic (exact) mass is 623 g/mol. The van der Waals surface area contributed by atoms with Gasteiger partial charge in [0.15, 0.2) is 16.1 Å². The van der Waals surface area contributed by atoms with Crippen molar-refractivity contribution < 1.29 is 17.9 Å². The quantitative estimate of drug-likeness (QED) is 0.238. The Morgan fingerprint density at radius 3 is 1.80 bits per heavy atom. The van der Waals surface area contributed by atoms with Crippen molar-refractivity contribution in [3.8, 4) is 0 Å². The van der Waals surface area contributed by atoms with Crippen LogP contribution in [-0.4, -0.2) is 42.0 Å². The lowest BCUT2D eigenvalue weighted by atomic mass is 9.80. The van der Waals surface area contributed by atoms with E-state index in [1.165, 1.54) is 18.3 Å². The highest BCUT2D eigenvalue weighted by Gasteiger charge is 2.52. The average molecular weight is 624 g/mol. The Labute approximate surface area is 260 Å². The minimum atomic E-state index is -4.09. The van der Waals surface area contributed by atoms with Gasteiger partial charge in [-0.25, -0.2) is 13.2 Å². The molecule has 1 saturated heterocycles. The van der Waals surface area contributed by atoms with Crippen molar-refractivity contribution in [2.45, 2.75) is 41.0 Å². The number of nitrogens with one attached hydrogen (secondary N) is 1. The van der Waals surface area contributed by atoms with Crippen LogP contribution in [0.2, 0.25) is 0 Å². The summed E-state index contributed by atoms with van der Waals surface area (Å²) in [5.74, 6) is 0. The van der Waals surface area contributed by atoms with Crippen LogP contribution >= 0.6 is 0 Å². The molecule has 0 aliphatic carbocycles. The Bertz CT molecular complexity index is 1880. The minimum absolute atomic E-state index is 0.0806. The van der Waals surface area contributed by atoms with E-state index in [-0.39, 0.29) is 11.5 Å². The van der Waals surface area contributed by atoms with Crippen LogP contribution in [0.1, 0.15) is 28.5 Å². The Balaban J connectivity index is 1.47. The number of hydrogen-bond donors (Lipinski definition) is 2. The Morgan fingerprint density at radius 1 is 0.800 bits per heavy atom. The Morgan fingerprint density at radius 2 is 1.31 bits per heavy atom. The number of nitrogens with two attached hydrogens (primary N) is 1. The molecule has 6 rings (SSSR count). The van der Waals surface area contributed by atoms with Crippen LogP contribution in [0, 0.1) is 6.92 Å². The average Bonchev–Trinajstić information content (AvgIpc) is 3.39. The van der Waals surface area contributed by atoms with E-state index < -0.39 is 50.3 Å². The number of aryl methyl sites for hydroxylation is 1. The molecule has 0 radical (unpaired) electrons. The first kappa shape index (κ1) is 30.4. The van der Waals surface area contributed by atoms with E-state index in [0.717, 1.165) is 32.9 Å². The smallest absolute Gasteiger partial charge is 0.330 e. The molecule has 5 aromatic rings. The van der Waals surface area contributed by atoms with E-state index >= 15 is 0 Å². The molecule has 0 amide bonds. The number of hydrogen-bond acceptors (Lipinski definition) is 7. The summed E-state index contributed by atoms with van der Waals surface area (Å²) >= 11 is 0. The van der Waals surface area contributed by atoms with Gasteiger partial charge in [-0.05, 0) is 35.7 Å². The zero-order chi connectivity index (χ0) is 31.6. The summed E-state index contributed by atoms with van der Waals surface area (Å²) in [6.45, 7) is 1.67. The first-order valence-electron chi connectivity index (χ1n) is 14.6. The van der Waals surface area contributed by atoms with Crippen LogP contribution in [0.4, 0.5) is 0 Å². The first-order valence-corrected chi connectivity index (χ1v) is 16.1. The summed E-state index contributed by atoms with van der Waals surface area (Å²) in [6, 6.07) is 35.6. The topological polar surface area (TPSA) is 133 Å². The summed E-state index contributed by atoms with van der Waals surface area (Å²) in [6.07, 6.45) is -1.02. The molecule has 9 nitrogen and oxygen atoms in total. The molecule has 4 atom stereocenters. The second-order valence-corrected chi connectivity index (χ2v) is 13.2. The van der Waals surface area contributed by atoms with Crippen LogP contribution in [0.25, 0.3) is 0 Å². The molecule has 1 fully saturated rings. The van der Waals surface area contributed by atoms with Gasteiger partial charge in [-0.2, -0.15) is 0 Å². The molecular weight excluding hydrogens is 590 g/mol. The van der Waals surface area contributed by atoms with Gasteiger partial charge in [0.2, 0.25) is 0 Å². The maximum absolute atomic E-state index is 14.3. The van der Waals surface area contributed by atoms with Gasteiger partial charge < -0.3 is 15.2 Å². The van der Waals surface area contributed by atoms with Crippen LogP contribution in [0.3, 0.4) is 0 Å². The first-order chi connectivity index (χ1) is 21.7. The van der Waals surface area contributed by atoms with Crippen molar-refractivity contribution in [1.82, 2.24) is 9.55 Å². The van der Waals surface area contributed by atoms with Gasteiger partial charge >= 0.3 is 5.69 Å². The van der Waals surface area contributed by atoms with Crippen molar-refractivity contribution in [2.75, 3.05) is 6.61 Å². The molecule has 0 spiro atoms. The number of nitrogens with zero attached hydrogens (tertiary/aromatic N) is 1. The molecule has 10 heteroatoms. The highest BCUT2D eigenvalue weighted by atomic mass is 32.2. The van der Waals surface area contributed by atoms with Crippen LogP contribution in [0.15, 0.2) is 142 Å². The van der Waals surface area contributed by atoms with E-state index in [0.29, 0.717) is 0 Å². The molecule has 0 bridgehead atoms. The zero-order valence-corrected chi connectivity index (χ0v) is 25.3. The maximum Gasteiger partial charge on any atom is 0.330 e. The van der Waals surface area contributed by atoms with E-state index in [2.05, 4.69) is 4.98 Å². The Kier molecular flexibility index (Phi) is 8.39. The number of aromatic amines is 1. The molecule has 0 unspecified atom stereocenters. The van der Waals surface area contributed by atoms with Crippen molar-refractivity contribution in [2.24, 2.45) is 5.73 Å². The van der Waals surface area contributed by atoms with Crippen molar-refractivity contribution in [3.63, 3.8) is 0 Å². The van der Waals surface area contributed by atoms with Crippen molar-refractivity contribution >= 4 is 9.84 Å². The molecule has 45 heavy (non-hydrogen) atoms. The second kappa shape index (κ2) is 12.4. The number of benzene rings is 4. The largest absolute Gasteiger partial charge is 0.358 e. The molecule has 4 aromatic carbocycles. The van der Waals surface area contributed by atoms with Crippen molar-refractivity contribution in [3.05, 3.63) is 171 Å². The second-order valence-electron chi connectivity index (χ2n) is 11.1. The van der Waals surface area contributed by atoms with Gasteiger partial charge in [-0.15, -0.1) is 0 Å². The fraction of sp³-hybridized carbons (Fsp3) is 0.200. The molecule has 3 N–H and O–H groups in total. The van der Waals surface area contributed by atoms with Gasteiger partial charge in [0.25, 0.3) is 5.56 Å². The highest BCUT2D eigenvalue weighted by Crippen LogP contribution is 2.42. The minimum Gasteiger partial charge on any atom is -0.358 e. The molecule has 1 aliphatic heterocycles. The summed E-state index contributed by atoms with van der Waals surface area (Å²) in [5, 5.41) is -1.29. The SMILES string of the molecule is Cc1ccc(S(=O)(=O)[C@H]2[C@@H](N)[C@H](n3ccc(=O)[nH]c3=O)O[C@@H]2COC(c2ccccc2)(c2ccccc2)c2ccccc2)cc1. The number of rotatable bonds is 9. The number of sulfone groups is 1. The van der Waals surface area contributed by atoms with Gasteiger partial charge in [0, 0.05) is 12.3 Å². The summed E-state index contributed by atoms with van der Waals surface area (Å²) < 4.78 is 42.9. The standard InChI is InChI=1S/C35H33N3O6S/c1-24-17-19-28(20-18-24)45(41,42)32-29(44-33(31(32)36)38-22-21-30(39)37-34(38)40)23-43-35(25-11-5-2-6-12-25,26-13-7-3-8-14-26)27-15-9-4-10-16-27/h2-22,29,31-33H,23,36H2,1H3,(H,37,39,40)/t29-,31-,32-,33-/m1/s1. The summed E-state index contributed by atoms with van der Waals surface area (Å²) in [4.78, 5) is 26.9. The number of ether oxygens (including phenoxy) is 2. The van der Waals surface area contributed by atoms with E-state index in [1.807, 2.05) is 97.9 Å². The summed E-state index contributed by atoms with van der Waals surface area (Å²) in [5.41, 5.74) is 7.55. The lowest BCUT2D eigenvalue weighted by molar-refractivity contribution is -0.0780. The zero-order valence-electron chi connectivity index (χ0n) is 24.5.